The number of carbonyl (C=O) groups excluding carboxylic acids is 2. The van der Waals surface area contributed by atoms with E-state index < -0.39 is 32.5 Å². The quantitative estimate of drug-likeness (QED) is 0.0212. The number of allylic oxidation sites excluding steroid dienone is 21. The van der Waals surface area contributed by atoms with E-state index in [1.807, 2.05) is 27.2 Å². The summed E-state index contributed by atoms with van der Waals surface area (Å²) in [7, 11) is 1.10. The highest BCUT2D eigenvalue weighted by Crippen LogP contribution is 2.38. The van der Waals surface area contributed by atoms with Crippen LogP contribution in [0.15, 0.2) is 134 Å². The maximum Gasteiger partial charge on any atom is 0.306 e. The van der Waals surface area contributed by atoms with Crippen molar-refractivity contribution in [3.63, 3.8) is 0 Å². The van der Waals surface area contributed by atoms with Crippen LogP contribution in [0.4, 0.5) is 0 Å². The number of phosphoric acid groups is 1. The van der Waals surface area contributed by atoms with Gasteiger partial charge >= 0.3 is 5.97 Å². The van der Waals surface area contributed by atoms with E-state index in [0.29, 0.717) is 23.9 Å². The molecule has 9 nitrogen and oxygen atoms in total. The van der Waals surface area contributed by atoms with Crippen LogP contribution in [0, 0.1) is 0 Å². The van der Waals surface area contributed by atoms with Crippen molar-refractivity contribution in [3.05, 3.63) is 134 Å². The van der Waals surface area contributed by atoms with E-state index in [-0.39, 0.29) is 25.4 Å². The second-order valence-electron chi connectivity index (χ2n) is 20.8. The number of phosphoric ester groups is 1. The zero-order valence-electron chi connectivity index (χ0n) is 49.2. The molecule has 0 fully saturated rings. The first-order valence-corrected chi connectivity index (χ1v) is 31.5. The molecule has 10 heteroatoms. The molecule has 0 aromatic heterocycles. The molecule has 1 N–H and O–H groups in total. The number of ether oxygens (including phenoxy) is 1. The number of nitrogens with zero attached hydrogens (tertiary/aromatic N) is 1. The minimum atomic E-state index is -4.73. The number of carbonyl (C=O) groups is 2. The van der Waals surface area contributed by atoms with Gasteiger partial charge in [-0.2, -0.15) is 0 Å². The van der Waals surface area contributed by atoms with Crippen molar-refractivity contribution in [2.45, 2.75) is 232 Å². The SMILES string of the molecule is CC/C=C\C/C=C\C/C=C\C/C=C\C/C=C\C/C=C\CCCCC(=O)NC(COP(=O)([O-])OCC[N+](C)(C)C)C(/C=C\CCCCCCCCCCCC)OC(=O)CCC/C=C\C/C=C\C/C=C\C/C=C\CCCCC. The lowest BCUT2D eigenvalue weighted by Gasteiger charge is -2.30. The number of nitrogens with one attached hydrogen (secondary N) is 1. The Morgan fingerprint density at radius 2 is 0.855 bits per heavy atom. The Labute approximate surface area is 466 Å². The van der Waals surface area contributed by atoms with Crippen LogP contribution in [0.25, 0.3) is 0 Å². The van der Waals surface area contributed by atoms with Crippen molar-refractivity contribution in [2.24, 2.45) is 0 Å². The summed E-state index contributed by atoms with van der Waals surface area (Å²) in [4.78, 5) is 39.9. The fourth-order valence-electron chi connectivity index (χ4n) is 7.69. The Kier molecular flexibility index (Phi) is 51.7. The minimum absolute atomic E-state index is 0.0469. The van der Waals surface area contributed by atoms with Gasteiger partial charge in [0.1, 0.15) is 19.3 Å². The van der Waals surface area contributed by atoms with Crippen LogP contribution in [0.2, 0.25) is 0 Å². The normalized spacial score (nSPS) is 14.7. The summed E-state index contributed by atoms with van der Waals surface area (Å²) in [6.07, 6.45) is 77.1. The third-order valence-electron chi connectivity index (χ3n) is 12.3. The molecule has 0 heterocycles. The van der Waals surface area contributed by atoms with Gasteiger partial charge < -0.3 is 28.5 Å². The monoisotopic (exact) mass is 1070 g/mol. The maximum absolute atomic E-state index is 13.5. The van der Waals surface area contributed by atoms with E-state index in [4.69, 9.17) is 13.8 Å². The molecule has 0 aromatic rings. The molecule has 76 heavy (non-hydrogen) atoms. The second kappa shape index (κ2) is 54.5. The molecule has 3 unspecified atom stereocenters. The predicted octanol–water partition coefficient (Wildman–Crippen LogP) is 17.9. The fourth-order valence-corrected chi connectivity index (χ4v) is 8.41. The highest BCUT2D eigenvalue weighted by Gasteiger charge is 2.27. The number of quaternary nitrogens is 1. The summed E-state index contributed by atoms with van der Waals surface area (Å²) in [5.41, 5.74) is 0. The summed E-state index contributed by atoms with van der Waals surface area (Å²) < 4.78 is 30.2. The van der Waals surface area contributed by atoms with Crippen molar-refractivity contribution in [1.29, 1.82) is 0 Å². The van der Waals surface area contributed by atoms with Crippen LogP contribution < -0.4 is 10.2 Å². The molecule has 3 atom stereocenters. The molecule has 1 amide bonds. The van der Waals surface area contributed by atoms with Gasteiger partial charge in [0, 0.05) is 12.8 Å². The van der Waals surface area contributed by atoms with Crippen molar-refractivity contribution < 1.29 is 37.3 Å². The number of amides is 1. The summed E-state index contributed by atoms with van der Waals surface area (Å²) in [6, 6.07) is -0.943. The van der Waals surface area contributed by atoms with Gasteiger partial charge in [-0.1, -0.05) is 219 Å². The maximum atomic E-state index is 13.5. The largest absolute Gasteiger partial charge is 0.756 e. The Hall–Kier alpha value is -3.85. The topological polar surface area (TPSA) is 114 Å². The first kappa shape index (κ1) is 72.2. The lowest BCUT2D eigenvalue weighted by Crippen LogP contribution is -2.47. The molecule has 0 radical (unpaired) electrons. The Morgan fingerprint density at radius 3 is 1.32 bits per heavy atom. The second-order valence-corrected chi connectivity index (χ2v) is 22.2. The zero-order valence-corrected chi connectivity index (χ0v) is 50.0. The first-order chi connectivity index (χ1) is 36.9. The lowest BCUT2D eigenvalue weighted by molar-refractivity contribution is -0.870. The third-order valence-corrected chi connectivity index (χ3v) is 13.3. The van der Waals surface area contributed by atoms with Gasteiger partial charge in [0.25, 0.3) is 7.82 Å². The molecule has 432 valence electrons. The van der Waals surface area contributed by atoms with Gasteiger partial charge in [0.05, 0.1) is 33.8 Å². The van der Waals surface area contributed by atoms with Crippen molar-refractivity contribution in [3.8, 4) is 0 Å². The van der Waals surface area contributed by atoms with Crippen molar-refractivity contribution in [1.82, 2.24) is 5.32 Å². The van der Waals surface area contributed by atoms with Gasteiger partial charge in [0.15, 0.2) is 0 Å². The number of likely N-dealkylation sites (N-methyl/N-ethyl adjacent to an activating group) is 1. The first-order valence-electron chi connectivity index (χ1n) is 30.0. The predicted molar refractivity (Wildman–Crippen MR) is 325 cm³/mol. The van der Waals surface area contributed by atoms with Gasteiger partial charge in [-0.05, 0) is 122 Å². The van der Waals surface area contributed by atoms with Crippen LogP contribution in [-0.2, 0) is 27.9 Å². The highest BCUT2D eigenvalue weighted by atomic mass is 31.2. The van der Waals surface area contributed by atoms with Crippen LogP contribution in [0.5, 0.6) is 0 Å². The summed E-state index contributed by atoms with van der Waals surface area (Å²) in [6.45, 7) is 6.60. The standard InChI is InChI=1S/C66H111N2O7P/c1-7-10-13-16-19-22-25-28-30-32-33-34-35-37-38-40-43-46-49-52-55-58-65(69)67-63(62-74-76(71,72)73-61-60-68(4,5)6)64(57-54-51-48-45-42-27-24-21-18-15-12-9-3)75-66(70)59-56-53-50-47-44-41-39-36-31-29-26-23-20-17-14-11-8-2/h10,13,19-20,22-23,28-31,33-34,37-39,41,43,46-47,50,54,57,63-64H,7-9,11-12,14-18,21,24-27,32,35-36,40,42,44-45,48-49,51-53,55-56,58-62H2,1-6H3,(H-,67,69,71,72)/b13-10-,22-19-,23-20-,30-28-,31-29-,34-33-,38-37-,41-39-,46-43-,50-47-,57-54-. The number of unbranched alkanes of at least 4 members (excludes halogenated alkanes) is 16. The average Bonchev–Trinajstić information content (AvgIpc) is 3.38. The van der Waals surface area contributed by atoms with Crippen molar-refractivity contribution >= 4 is 19.7 Å². The van der Waals surface area contributed by atoms with E-state index in [1.165, 1.54) is 77.0 Å². The molecule has 0 aromatic carbocycles. The highest BCUT2D eigenvalue weighted by molar-refractivity contribution is 7.45. The minimum Gasteiger partial charge on any atom is -0.756 e. The Bertz CT molecular complexity index is 1760. The summed E-state index contributed by atoms with van der Waals surface area (Å²) in [5.74, 6) is -0.669. The smallest absolute Gasteiger partial charge is 0.306 e. The lowest BCUT2D eigenvalue weighted by atomic mass is 10.1. The summed E-state index contributed by atoms with van der Waals surface area (Å²) >= 11 is 0. The number of rotatable bonds is 52. The van der Waals surface area contributed by atoms with E-state index in [9.17, 15) is 19.0 Å². The molecular weight excluding hydrogens is 964 g/mol. The van der Waals surface area contributed by atoms with Gasteiger partial charge in [0.2, 0.25) is 5.91 Å². The molecule has 0 rings (SSSR count). The van der Waals surface area contributed by atoms with E-state index >= 15 is 0 Å². The van der Waals surface area contributed by atoms with E-state index in [2.05, 4.69) is 148 Å². The number of esters is 1. The third kappa shape index (κ3) is 54.9. The van der Waals surface area contributed by atoms with Crippen molar-refractivity contribution in [2.75, 3.05) is 40.9 Å². The molecule has 0 aliphatic rings. The van der Waals surface area contributed by atoms with E-state index in [1.54, 1.807) is 6.08 Å². The summed E-state index contributed by atoms with van der Waals surface area (Å²) in [5, 5.41) is 2.98. The number of hydrogen-bond acceptors (Lipinski definition) is 7. The molecule has 0 aliphatic heterocycles. The van der Waals surface area contributed by atoms with Crippen LogP contribution in [0.1, 0.15) is 220 Å². The molecule has 0 saturated heterocycles. The average molecular weight is 1080 g/mol. The van der Waals surface area contributed by atoms with Gasteiger partial charge in [-0.25, -0.2) is 0 Å². The zero-order chi connectivity index (χ0) is 55.7. The van der Waals surface area contributed by atoms with Crippen LogP contribution >= 0.6 is 7.82 Å². The molecule has 0 bridgehead atoms. The van der Waals surface area contributed by atoms with Gasteiger partial charge in [-0.15, -0.1) is 0 Å². The Morgan fingerprint density at radius 1 is 0.474 bits per heavy atom. The van der Waals surface area contributed by atoms with E-state index in [0.717, 1.165) is 96.3 Å². The molecular formula is C66H111N2O7P. The Balaban J connectivity index is 5.48. The van der Waals surface area contributed by atoms with Crippen LogP contribution in [0.3, 0.4) is 0 Å². The molecule has 0 saturated carbocycles. The number of hydrogen-bond donors (Lipinski definition) is 1. The molecule has 0 spiro atoms. The molecule has 0 aliphatic carbocycles. The van der Waals surface area contributed by atoms with Crippen LogP contribution in [-0.4, -0.2) is 69.4 Å². The van der Waals surface area contributed by atoms with Gasteiger partial charge in [-0.3, -0.25) is 14.2 Å². The fraction of sp³-hybridized carbons (Fsp3) is 0.636.